The average Bonchev–Trinajstić information content (AvgIpc) is 3.50. The van der Waals surface area contributed by atoms with E-state index in [1.807, 2.05) is 40.7 Å². The van der Waals surface area contributed by atoms with Gasteiger partial charge in [-0.15, -0.1) is 0 Å². The summed E-state index contributed by atoms with van der Waals surface area (Å²) in [5, 5.41) is 17.7. The summed E-state index contributed by atoms with van der Waals surface area (Å²) in [6.45, 7) is 21.7. The fourth-order valence-electron chi connectivity index (χ4n) is 6.72. The van der Waals surface area contributed by atoms with E-state index < -0.39 is 23.7 Å². The molecular formula is C36H67N5O5. The van der Waals surface area contributed by atoms with Gasteiger partial charge in [-0.25, -0.2) is 0 Å². The molecule has 4 unspecified atom stereocenters. The minimum Gasteiger partial charge on any atom is -0.381 e. The number of aliphatic hydroxyl groups is 1. The summed E-state index contributed by atoms with van der Waals surface area (Å²) in [5.74, 6) is -0.370. The van der Waals surface area contributed by atoms with Crippen LogP contribution in [0.2, 0.25) is 0 Å². The van der Waals surface area contributed by atoms with Crippen molar-refractivity contribution in [2.75, 3.05) is 39.9 Å². The van der Waals surface area contributed by atoms with Gasteiger partial charge in [0.25, 0.3) is 0 Å². The number of likely N-dealkylation sites (N-methyl/N-ethyl adjacent to an activating group) is 1. The number of aliphatic hydroxyl groups excluding tert-OH is 1. The molecule has 2 fully saturated rings. The van der Waals surface area contributed by atoms with Crippen LogP contribution < -0.4 is 10.6 Å². The molecule has 0 bridgehead atoms. The zero-order valence-corrected chi connectivity index (χ0v) is 30.7. The fraction of sp³-hybridized carbons (Fsp3) is 0.861. The van der Waals surface area contributed by atoms with Gasteiger partial charge < -0.3 is 25.0 Å². The molecule has 46 heavy (non-hydrogen) atoms. The van der Waals surface area contributed by atoms with Gasteiger partial charge >= 0.3 is 0 Å². The van der Waals surface area contributed by atoms with Crippen LogP contribution in [0, 0.1) is 11.3 Å². The molecule has 10 nitrogen and oxygen atoms in total. The van der Waals surface area contributed by atoms with Gasteiger partial charge in [-0.05, 0) is 77.2 Å². The summed E-state index contributed by atoms with van der Waals surface area (Å²) in [7, 11) is 1.78. The maximum atomic E-state index is 14.2. The number of likely N-dealkylation sites (tertiary alicyclic amines) is 2. The van der Waals surface area contributed by atoms with Crippen LogP contribution in [0.4, 0.5) is 0 Å². The van der Waals surface area contributed by atoms with Crippen LogP contribution in [0.1, 0.15) is 114 Å². The molecule has 266 valence electrons. The Labute approximate surface area is 280 Å². The van der Waals surface area contributed by atoms with Crippen molar-refractivity contribution in [3.05, 3.63) is 11.6 Å². The molecule has 0 aromatic rings. The summed E-state index contributed by atoms with van der Waals surface area (Å²) in [6, 6.07) is -1.21. The number of carbonyl (C=O) groups excluding carboxylic acids is 3. The predicted octanol–water partition coefficient (Wildman–Crippen LogP) is 4.32. The van der Waals surface area contributed by atoms with Crippen molar-refractivity contribution in [1.29, 1.82) is 0 Å². The molecule has 2 aliphatic rings. The lowest BCUT2D eigenvalue weighted by molar-refractivity contribution is -0.139. The van der Waals surface area contributed by atoms with Crippen LogP contribution in [0.5, 0.6) is 0 Å². The molecule has 0 aromatic heterocycles. The number of ether oxygens (including phenoxy) is 1. The highest BCUT2D eigenvalue weighted by Gasteiger charge is 2.40. The number of nitrogens with zero attached hydrogens (tertiary/aromatic N) is 3. The Morgan fingerprint density at radius 3 is 2.30 bits per heavy atom. The molecule has 0 saturated carbocycles. The lowest BCUT2D eigenvalue weighted by Crippen LogP contribution is -2.62. The van der Waals surface area contributed by atoms with E-state index in [9.17, 15) is 19.5 Å². The topological polar surface area (TPSA) is 114 Å². The van der Waals surface area contributed by atoms with Crippen molar-refractivity contribution in [3.63, 3.8) is 0 Å². The van der Waals surface area contributed by atoms with Gasteiger partial charge in [0.1, 0.15) is 12.3 Å². The highest BCUT2D eigenvalue weighted by atomic mass is 16.5. The Bertz CT molecular complexity index is 994. The van der Waals surface area contributed by atoms with E-state index in [1.165, 1.54) is 0 Å². The standard InChI is InChI=1S/C36H67N5O5/c1-11-12-22-46-23-16-19-37-32(42)28-18-15-21-41(28)34(44)27(6)24-30(25(2)3)39(10)35(45)31(36(7,8)9)38-33(43)29-17-13-14-20-40(29)26(4)5/h24-26,28-31,33,38,43H,11-23H2,1-10H3,(H,37,42)/b27-24+/t28-,29?,30?,31?,33?/m0/s1. The number of hydrogen-bond donors (Lipinski definition) is 3. The summed E-state index contributed by atoms with van der Waals surface area (Å²) < 4.78 is 5.59. The highest BCUT2D eigenvalue weighted by molar-refractivity contribution is 5.97. The molecule has 3 amide bonds. The van der Waals surface area contributed by atoms with Crippen LogP contribution in [0.15, 0.2) is 11.6 Å². The van der Waals surface area contributed by atoms with Crippen molar-refractivity contribution < 1.29 is 24.2 Å². The Hall–Kier alpha value is -2.01. The zero-order valence-electron chi connectivity index (χ0n) is 30.7. The second kappa shape index (κ2) is 19.1. The quantitative estimate of drug-likeness (QED) is 0.122. The molecule has 2 aliphatic heterocycles. The Morgan fingerprint density at radius 2 is 1.70 bits per heavy atom. The number of piperidine rings is 1. The Morgan fingerprint density at radius 1 is 1.02 bits per heavy atom. The molecule has 0 radical (unpaired) electrons. The smallest absolute Gasteiger partial charge is 0.249 e. The minimum absolute atomic E-state index is 0.0363. The molecule has 2 heterocycles. The first-order valence-corrected chi connectivity index (χ1v) is 17.9. The highest BCUT2D eigenvalue weighted by Crippen LogP contribution is 2.27. The normalized spacial score (nSPS) is 21.8. The second-order valence-electron chi connectivity index (χ2n) is 15.1. The monoisotopic (exact) mass is 650 g/mol. The van der Waals surface area contributed by atoms with Gasteiger partial charge in [0.05, 0.1) is 12.1 Å². The number of carbonyl (C=O) groups is 3. The van der Waals surface area contributed by atoms with Crippen molar-refractivity contribution in [2.45, 2.75) is 150 Å². The van der Waals surface area contributed by atoms with Crippen molar-refractivity contribution in [1.82, 2.24) is 25.3 Å². The van der Waals surface area contributed by atoms with E-state index >= 15 is 0 Å². The first kappa shape index (κ1) is 40.2. The first-order chi connectivity index (χ1) is 21.6. The van der Waals surface area contributed by atoms with Gasteiger partial charge in [-0.2, -0.15) is 0 Å². The van der Waals surface area contributed by atoms with E-state index in [2.05, 4.69) is 36.3 Å². The van der Waals surface area contributed by atoms with Crippen molar-refractivity contribution in [3.8, 4) is 0 Å². The van der Waals surface area contributed by atoms with Crippen molar-refractivity contribution >= 4 is 17.7 Å². The Kier molecular flexibility index (Phi) is 16.7. The molecule has 2 rings (SSSR count). The average molecular weight is 650 g/mol. The largest absolute Gasteiger partial charge is 0.381 e. The lowest BCUT2D eigenvalue weighted by Gasteiger charge is -2.44. The fourth-order valence-corrected chi connectivity index (χ4v) is 6.72. The first-order valence-electron chi connectivity index (χ1n) is 17.9. The van der Waals surface area contributed by atoms with Crippen LogP contribution in [-0.2, 0) is 19.1 Å². The van der Waals surface area contributed by atoms with Gasteiger partial charge in [0, 0.05) is 51.0 Å². The molecule has 0 aromatic carbocycles. The molecule has 2 saturated heterocycles. The van der Waals surface area contributed by atoms with Crippen LogP contribution in [0.3, 0.4) is 0 Å². The molecule has 5 atom stereocenters. The van der Waals surface area contributed by atoms with E-state index in [0.29, 0.717) is 37.7 Å². The van der Waals surface area contributed by atoms with E-state index in [4.69, 9.17) is 4.74 Å². The molecule has 0 aliphatic carbocycles. The summed E-state index contributed by atoms with van der Waals surface area (Å²) in [6.07, 6.45) is 8.38. The zero-order chi connectivity index (χ0) is 34.6. The molecule has 10 heteroatoms. The van der Waals surface area contributed by atoms with E-state index in [0.717, 1.165) is 58.1 Å². The number of rotatable bonds is 17. The maximum absolute atomic E-state index is 14.2. The van der Waals surface area contributed by atoms with Crippen molar-refractivity contribution in [2.24, 2.45) is 11.3 Å². The van der Waals surface area contributed by atoms with Crippen LogP contribution in [-0.4, -0.2) is 114 Å². The number of amides is 3. The summed E-state index contributed by atoms with van der Waals surface area (Å²) >= 11 is 0. The third kappa shape index (κ3) is 11.6. The molecule has 0 spiro atoms. The number of nitrogens with one attached hydrogen (secondary N) is 2. The predicted molar refractivity (Wildman–Crippen MR) is 185 cm³/mol. The maximum Gasteiger partial charge on any atom is 0.249 e. The molecular weight excluding hydrogens is 582 g/mol. The third-order valence-electron chi connectivity index (χ3n) is 9.53. The SMILES string of the molecule is CCCCOCCCNC(=O)[C@@H]1CCCN1C(=O)/C(C)=C/C(C(C)C)N(C)C(=O)C(NC(O)C1CCCCN1C(C)C)C(C)(C)C. The lowest BCUT2D eigenvalue weighted by atomic mass is 9.84. The van der Waals surface area contributed by atoms with E-state index in [1.54, 1.807) is 23.8 Å². The minimum atomic E-state index is -0.840. The summed E-state index contributed by atoms with van der Waals surface area (Å²) in [4.78, 5) is 46.6. The van der Waals surface area contributed by atoms with Crippen LogP contribution in [0.25, 0.3) is 0 Å². The summed E-state index contributed by atoms with van der Waals surface area (Å²) in [5.41, 5.74) is 0.0646. The number of unbranched alkanes of at least 4 members (excludes halogenated alkanes) is 1. The molecule has 3 N–H and O–H groups in total. The third-order valence-corrected chi connectivity index (χ3v) is 9.53. The van der Waals surface area contributed by atoms with Gasteiger partial charge in [0.2, 0.25) is 17.7 Å². The Balaban J connectivity index is 2.13. The van der Waals surface area contributed by atoms with Crippen LogP contribution >= 0.6 is 0 Å². The van der Waals surface area contributed by atoms with Gasteiger partial charge in [-0.1, -0.05) is 60.5 Å². The van der Waals surface area contributed by atoms with Gasteiger partial charge in [-0.3, -0.25) is 24.6 Å². The van der Waals surface area contributed by atoms with E-state index in [-0.39, 0.29) is 35.7 Å². The second-order valence-corrected chi connectivity index (χ2v) is 15.1. The van der Waals surface area contributed by atoms with Gasteiger partial charge in [0.15, 0.2) is 0 Å². The number of hydrogen-bond acceptors (Lipinski definition) is 7.